The Morgan fingerprint density at radius 1 is 1.14 bits per heavy atom. The number of carbonyl (C=O) groups excluding carboxylic acids is 1. The molecule has 5 aromatic rings. The number of benzene rings is 3. The van der Waals surface area contributed by atoms with E-state index in [9.17, 15) is 9.90 Å². The van der Waals surface area contributed by atoms with Gasteiger partial charge in [-0.15, -0.1) is 0 Å². The molecule has 0 radical (unpaired) electrons. The molecule has 0 aliphatic heterocycles. The number of halogens is 1. The van der Waals surface area contributed by atoms with E-state index in [2.05, 4.69) is 4.98 Å². The highest BCUT2D eigenvalue weighted by Gasteiger charge is 2.23. The van der Waals surface area contributed by atoms with Crippen LogP contribution in [0.4, 0.5) is 0 Å². The van der Waals surface area contributed by atoms with Crippen molar-refractivity contribution in [2.75, 3.05) is 20.3 Å². The predicted molar refractivity (Wildman–Crippen MR) is 141 cm³/mol. The standard InChI is InChI=1S/C27H24ClN5O4/c1-36-17-8-6-16(7-9-17)15-33-22(27-30-19-4-2-3-5-20(19)31-27)14-21(32-33)24-18(26(29)35)10-11-23(25(24)28)37-13-12-34/h2-11,14,34H,12-13,15H2,1H3,(H2,29,35)(H,30,31). The van der Waals surface area contributed by atoms with E-state index in [0.717, 1.165) is 22.3 Å². The second kappa shape index (κ2) is 10.3. The molecular weight excluding hydrogens is 494 g/mol. The monoisotopic (exact) mass is 517 g/mol. The van der Waals surface area contributed by atoms with Gasteiger partial charge < -0.3 is 25.3 Å². The second-order valence-corrected chi connectivity index (χ2v) is 8.64. The molecule has 0 spiro atoms. The van der Waals surface area contributed by atoms with Gasteiger partial charge in [-0.05, 0) is 48.0 Å². The molecule has 10 heteroatoms. The third-order valence-electron chi connectivity index (χ3n) is 5.88. The van der Waals surface area contributed by atoms with Crippen molar-refractivity contribution in [2.24, 2.45) is 5.73 Å². The third kappa shape index (κ3) is 4.87. The number of aliphatic hydroxyl groups is 1. The first-order valence-corrected chi connectivity index (χ1v) is 11.9. The summed E-state index contributed by atoms with van der Waals surface area (Å²) in [6.45, 7) is 0.280. The molecular formula is C27H24ClN5O4. The normalized spacial score (nSPS) is 11.1. The number of aliphatic hydroxyl groups excluding tert-OH is 1. The van der Waals surface area contributed by atoms with E-state index in [1.165, 1.54) is 0 Å². The number of aromatic amines is 1. The SMILES string of the molecule is COc1ccc(Cn2nc(-c3c(C(N)=O)ccc(OCCO)c3Cl)cc2-c2nc3ccccc3[nH]2)cc1. The number of nitrogens with zero attached hydrogens (tertiary/aromatic N) is 3. The maximum absolute atomic E-state index is 12.3. The molecule has 188 valence electrons. The second-order valence-electron chi connectivity index (χ2n) is 8.26. The third-order valence-corrected chi connectivity index (χ3v) is 6.26. The fourth-order valence-electron chi connectivity index (χ4n) is 4.11. The Morgan fingerprint density at radius 3 is 2.62 bits per heavy atom. The number of methoxy groups -OCH3 is 1. The van der Waals surface area contributed by atoms with Crippen molar-refractivity contribution in [1.29, 1.82) is 0 Å². The van der Waals surface area contributed by atoms with Crippen LogP contribution in [0.2, 0.25) is 5.02 Å². The zero-order valence-corrected chi connectivity index (χ0v) is 20.7. The number of rotatable bonds is 9. The summed E-state index contributed by atoms with van der Waals surface area (Å²) in [6.07, 6.45) is 0. The van der Waals surface area contributed by atoms with Crippen molar-refractivity contribution in [2.45, 2.75) is 6.54 Å². The Balaban J connectivity index is 1.67. The van der Waals surface area contributed by atoms with Gasteiger partial charge in [0.2, 0.25) is 5.91 Å². The number of hydrogen-bond acceptors (Lipinski definition) is 6. The fraction of sp³-hybridized carbons (Fsp3) is 0.148. The van der Waals surface area contributed by atoms with Crippen LogP contribution in [0, 0.1) is 0 Å². The van der Waals surface area contributed by atoms with Gasteiger partial charge in [0.05, 0.1) is 47.6 Å². The molecule has 0 atom stereocenters. The molecule has 3 aromatic carbocycles. The number of amides is 1. The van der Waals surface area contributed by atoms with Crippen LogP contribution in [0.1, 0.15) is 15.9 Å². The van der Waals surface area contributed by atoms with E-state index >= 15 is 0 Å². The number of fused-ring (bicyclic) bond motifs is 1. The summed E-state index contributed by atoms with van der Waals surface area (Å²) in [4.78, 5) is 20.4. The summed E-state index contributed by atoms with van der Waals surface area (Å²) in [5.74, 6) is 1.02. The average molecular weight is 518 g/mol. The number of nitrogens with two attached hydrogens (primary N) is 1. The zero-order chi connectivity index (χ0) is 25.9. The molecule has 5 rings (SSSR count). The number of hydrogen-bond donors (Lipinski definition) is 3. The summed E-state index contributed by atoms with van der Waals surface area (Å²) in [7, 11) is 1.62. The van der Waals surface area contributed by atoms with Gasteiger partial charge in [-0.25, -0.2) is 4.98 Å². The van der Waals surface area contributed by atoms with Crippen molar-refractivity contribution in [1.82, 2.24) is 19.7 Å². The topological polar surface area (TPSA) is 128 Å². The summed E-state index contributed by atoms with van der Waals surface area (Å²) < 4.78 is 12.6. The predicted octanol–water partition coefficient (Wildman–Crippen LogP) is 4.27. The van der Waals surface area contributed by atoms with Crippen LogP contribution in [-0.4, -0.2) is 51.1 Å². The lowest BCUT2D eigenvalue weighted by molar-refractivity contribution is 0.100. The van der Waals surface area contributed by atoms with Crippen LogP contribution in [-0.2, 0) is 6.54 Å². The van der Waals surface area contributed by atoms with E-state index in [0.29, 0.717) is 35.1 Å². The Bertz CT molecular complexity index is 1540. The lowest BCUT2D eigenvalue weighted by Gasteiger charge is -2.12. The number of nitrogens with one attached hydrogen (secondary N) is 1. The molecule has 37 heavy (non-hydrogen) atoms. The van der Waals surface area contributed by atoms with Crippen LogP contribution in [0.25, 0.3) is 33.8 Å². The zero-order valence-electron chi connectivity index (χ0n) is 19.9. The van der Waals surface area contributed by atoms with Gasteiger partial charge in [-0.1, -0.05) is 35.9 Å². The van der Waals surface area contributed by atoms with E-state index in [4.69, 9.17) is 36.9 Å². The summed E-state index contributed by atoms with van der Waals surface area (Å²) in [5.41, 5.74) is 10.0. The van der Waals surface area contributed by atoms with Gasteiger partial charge >= 0.3 is 0 Å². The minimum Gasteiger partial charge on any atom is -0.497 e. The molecule has 0 fully saturated rings. The molecule has 2 heterocycles. The average Bonchev–Trinajstić information content (AvgIpc) is 3.52. The molecule has 0 saturated carbocycles. The van der Waals surface area contributed by atoms with Crippen LogP contribution < -0.4 is 15.2 Å². The van der Waals surface area contributed by atoms with E-state index in [1.54, 1.807) is 23.9 Å². The van der Waals surface area contributed by atoms with Crippen LogP contribution in [0.3, 0.4) is 0 Å². The summed E-state index contributed by atoms with van der Waals surface area (Å²) in [6, 6.07) is 20.3. The van der Waals surface area contributed by atoms with Gasteiger partial charge in [0.1, 0.15) is 23.8 Å². The number of H-pyrrole nitrogens is 1. The maximum Gasteiger partial charge on any atom is 0.249 e. The Labute approximate surface area is 217 Å². The summed E-state index contributed by atoms with van der Waals surface area (Å²) >= 11 is 6.69. The van der Waals surface area contributed by atoms with Gasteiger partial charge in [-0.3, -0.25) is 9.48 Å². The number of primary amides is 1. The first kappa shape index (κ1) is 24.4. The quantitative estimate of drug-likeness (QED) is 0.268. The molecule has 0 aliphatic rings. The van der Waals surface area contributed by atoms with E-state index in [-0.39, 0.29) is 23.8 Å². The first-order chi connectivity index (χ1) is 18.0. The first-order valence-electron chi connectivity index (χ1n) is 11.5. The number of para-hydroxylation sites is 2. The minimum absolute atomic E-state index is 0.0468. The molecule has 1 amide bonds. The van der Waals surface area contributed by atoms with Crippen LogP contribution >= 0.6 is 11.6 Å². The Morgan fingerprint density at radius 2 is 1.92 bits per heavy atom. The van der Waals surface area contributed by atoms with Crippen molar-refractivity contribution in [3.63, 3.8) is 0 Å². The van der Waals surface area contributed by atoms with Crippen molar-refractivity contribution < 1.29 is 19.4 Å². The van der Waals surface area contributed by atoms with Crippen molar-refractivity contribution in [3.8, 4) is 34.3 Å². The number of aromatic nitrogens is 4. The molecule has 0 aliphatic carbocycles. The Kier molecular flexibility index (Phi) is 6.80. The van der Waals surface area contributed by atoms with Crippen LogP contribution in [0.15, 0.2) is 66.7 Å². The van der Waals surface area contributed by atoms with Gasteiger partial charge in [0.25, 0.3) is 0 Å². The fourth-order valence-corrected chi connectivity index (χ4v) is 4.42. The molecule has 0 saturated heterocycles. The number of carbonyl (C=O) groups is 1. The maximum atomic E-state index is 12.3. The highest BCUT2D eigenvalue weighted by Crippen LogP contribution is 2.39. The lowest BCUT2D eigenvalue weighted by atomic mass is 10.0. The van der Waals surface area contributed by atoms with Gasteiger partial charge in [0.15, 0.2) is 5.82 Å². The van der Waals surface area contributed by atoms with Crippen LogP contribution in [0.5, 0.6) is 11.5 Å². The molecule has 0 unspecified atom stereocenters. The largest absolute Gasteiger partial charge is 0.497 e. The van der Waals surface area contributed by atoms with E-state index in [1.807, 2.05) is 54.6 Å². The van der Waals surface area contributed by atoms with Crippen molar-refractivity contribution in [3.05, 3.63) is 82.9 Å². The smallest absolute Gasteiger partial charge is 0.249 e. The molecule has 2 aromatic heterocycles. The van der Waals surface area contributed by atoms with Crippen molar-refractivity contribution >= 4 is 28.5 Å². The Hall–Kier alpha value is -4.34. The number of imidazole rings is 1. The number of ether oxygens (including phenoxy) is 2. The minimum atomic E-state index is -0.652. The molecule has 4 N–H and O–H groups in total. The molecule has 0 bridgehead atoms. The van der Waals surface area contributed by atoms with Gasteiger partial charge in [0, 0.05) is 5.56 Å². The van der Waals surface area contributed by atoms with Gasteiger partial charge in [-0.2, -0.15) is 5.10 Å². The highest BCUT2D eigenvalue weighted by molar-refractivity contribution is 6.35. The summed E-state index contributed by atoms with van der Waals surface area (Å²) in [5, 5.41) is 14.2. The molecule has 9 nitrogen and oxygen atoms in total. The highest BCUT2D eigenvalue weighted by atomic mass is 35.5. The lowest BCUT2D eigenvalue weighted by Crippen LogP contribution is -2.13. The van der Waals surface area contributed by atoms with E-state index < -0.39 is 5.91 Å².